The zero-order chi connectivity index (χ0) is 15.6. The van der Waals surface area contributed by atoms with Gasteiger partial charge < -0.3 is 20.3 Å². The first-order valence-electron chi connectivity index (χ1n) is 6.45. The summed E-state index contributed by atoms with van der Waals surface area (Å²) in [4.78, 5) is 11.0. The highest BCUT2D eigenvalue weighted by Crippen LogP contribution is 2.37. The number of hydrogen-bond donors (Lipinski definition) is 2. The molecule has 1 aliphatic heterocycles. The van der Waals surface area contributed by atoms with Crippen LogP contribution in [0.2, 0.25) is 5.02 Å². The van der Waals surface area contributed by atoms with Crippen LogP contribution in [-0.2, 0) is 21.9 Å². The number of carbonyl (C=O) groups is 1. The number of halogens is 1. The summed E-state index contributed by atoms with van der Waals surface area (Å²) < 4.78 is 10.2. The second-order valence-electron chi connectivity index (χ2n) is 5.37. The summed E-state index contributed by atoms with van der Waals surface area (Å²) in [6.45, 7) is 4.31. The zero-order valence-corrected chi connectivity index (χ0v) is 13.5. The van der Waals surface area contributed by atoms with Crippen molar-refractivity contribution >= 4 is 29.3 Å². The van der Waals surface area contributed by atoms with E-state index >= 15 is 0 Å². The van der Waals surface area contributed by atoms with Crippen LogP contribution in [0, 0.1) is 0 Å². The molecule has 1 atom stereocenters. The van der Waals surface area contributed by atoms with Crippen molar-refractivity contribution < 1.29 is 19.4 Å². The lowest BCUT2D eigenvalue weighted by Crippen LogP contribution is -2.46. The predicted octanol–water partition coefficient (Wildman–Crippen LogP) is 2.63. The molecule has 0 spiro atoms. The third-order valence-corrected chi connectivity index (χ3v) is 5.04. The molecule has 1 aromatic rings. The number of carboxylic acids is 1. The van der Waals surface area contributed by atoms with E-state index in [4.69, 9.17) is 31.9 Å². The first kappa shape index (κ1) is 16.4. The minimum Gasteiger partial charge on any atom is -0.480 e. The smallest absolute Gasteiger partial charge is 0.321 e. The van der Waals surface area contributed by atoms with Crippen LogP contribution in [0.25, 0.3) is 0 Å². The van der Waals surface area contributed by atoms with Gasteiger partial charge in [0.25, 0.3) is 0 Å². The average Bonchev–Trinajstić information content (AvgIpc) is 2.43. The molecule has 2 rings (SSSR count). The predicted molar refractivity (Wildman–Crippen MR) is 82.7 cm³/mol. The highest BCUT2D eigenvalue weighted by Gasteiger charge is 2.33. The summed E-state index contributed by atoms with van der Waals surface area (Å²) >= 11 is 7.57. The maximum absolute atomic E-state index is 11.0. The van der Waals surface area contributed by atoms with Gasteiger partial charge in [0, 0.05) is 26.6 Å². The lowest BCUT2D eigenvalue weighted by atomic mass is 10.1. The topological polar surface area (TPSA) is 81.8 Å². The minimum atomic E-state index is -1.01. The van der Waals surface area contributed by atoms with Gasteiger partial charge in [-0.25, -0.2) is 0 Å². The van der Waals surface area contributed by atoms with Crippen LogP contribution in [0.1, 0.15) is 25.0 Å². The maximum Gasteiger partial charge on any atom is 0.321 e. The molecular weight excluding hydrogens is 314 g/mol. The van der Waals surface area contributed by atoms with E-state index < -0.39 is 16.8 Å². The van der Waals surface area contributed by atoms with Gasteiger partial charge in [-0.1, -0.05) is 11.6 Å². The second kappa shape index (κ2) is 6.44. The SMILES string of the molecule is CC(C)(SCc1cc(Cl)cc2c1OCOC2)[C@@H](N)C(=O)O. The number of nitrogens with two attached hydrogens (primary N) is 1. The Bertz CT molecular complexity index is 550. The van der Waals surface area contributed by atoms with Crippen LogP contribution in [0.15, 0.2) is 12.1 Å². The van der Waals surface area contributed by atoms with Crippen molar-refractivity contribution in [2.24, 2.45) is 5.73 Å². The molecule has 3 N–H and O–H groups in total. The Morgan fingerprint density at radius 1 is 1.57 bits per heavy atom. The van der Waals surface area contributed by atoms with E-state index in [1.807, 2.05) is 26.0 Å². The summed E-state index contributed by atoms with van der Waals surface area (Å²) in [5.74, 6) is 0.333. The Morgan fingerprint density at radius 2 is 2.29 bits per heavy atom. The van der Waals surface area contributed by atoms with Gasteiger partial charge in [0.15, 0.2) is 6.79 Å². The number of ether oxygens (including phenoxy) is 2. The Hall–Kier alpha value is -0.950. The Balaban J connectivity index is 2.17. The van der Waals surface area contributed by atoms with Crippen molar-refractivity contribution in [3.8, 4) is 5.75 Å². The van der Waals surface area contributed by atoms with Crippen molar-refractivity contribution in [3.05, 3.63) is 28.3 Å². The quantitative estimate of drug-likeness (QED) is 0.863. The summed E-state index contributed by atoms with van der Waals surface area (Å²) in [5.41, 5.74) is 7.56. The van der Waals surface area contributed by atoms with Crippen LogP contribution in [0.3, 0.4) is 0 Å². The van der Waals surface area contributed by atoms with E-state index in [0.29, 0.717) is 17.4 Å². The molecule has 1 aromatic carbocycles. The molecular formula is C14H18ClNO4S. The standard InChI is InChI=1S/C14H18ClNO4S/c1-14(2,12(16)13(17)18)21-6-9-4-10(15)3-8-5-19-7-20-11(8)9/h3-4,12H,5-7,16H2,1-2H3,(H,17,18)/t12-/m0/s1. The highest BCUT2D eigenvalue weighted by molar-refractivity contribution is 7.99. The molecule has 0 aliphatic carbocycles. The van der Waals surface area contributed by atoms with Gasteiger partial charge in [-0.2, -0.15) is 0 Å². The highest BCUT2D eigenvalue weighted by atomic mass is 35.5. The van der Waals surface area contributed by atoms with E-state index in [1.165, 1.54) is 11.8 Å². The van der Waals surface area contributed by atoms with Crippen molar-refractivity contribution in [2.45, 2.75) is 37.0 Å². The molecule has 5 nitrogen and oxygen atoms in total. The number of aliphatic carboxylic acids is 1. The molecule has 21 heavy (non-hydrogen) atoms. The molecule has 0 radical (unpaired) electrons. The molecule has 0 bridgehead atoms. The van der Waals surface area contributed by atoms with Gasteiger partial charge in [-0.15, -0.1) is 11.8 Å². The minimum absolute atomic E-state index is 0.213. The monoisotopic (exact) mass is 331 g/mol. The van der Waals surface area contributed by atoms with E-state index in [2.05, 4.69) is 0 Å². The maximum atomic E-state index is 11.0. The number of carboxylic acid groups (broad SMARTS) is 1. The molecule has 0 unspecified atom stereocenters. The molecule has 0 amide bonds. The van der Waals surface area contributed by atoms with E-state index in [1.54, 1.807) is 0 Å². The van der Waals surface area contributed by atoms with Crippen molar-refractivity contribution in [1.29, 1.82) is 0 Å². The summed E-state index contributed by atoms with van der Waals surface area (Å²) in [7, 11) is 0. The van der Waals surface area contributed by atoms with Crippen molar-refractivity contribution in [1.82, 2.24) is 0 Å². The van der Waals surface area contributed by atoms with Gasteiger partial charge in [0.2, 0.25) is 0 Å². The van der Waals surface area contributed by atoms with Gasteiger partial charge in [-0.3, -0.25) is 4.79 Å². The van der Waals surface area contributed by atoms with Crippen LogP contribution >= 0.6 is 23.4 Å². The average molecular weight is 332 g/mol. The molecule has 0 fully saturated rings. The number of hydrogen-bond acceptors (Lipinski definition) is 5. The second-order valence-corrected chi connectivity index (χ2v) is 7.44. The fraction of sp³-hybridized carbons (Fsp3) is 0.500. The molecule has 1 aliphatic rings. The first-order chi connectivity index (χ1) is 9.81. The molecule has 0 saturated heterocycles. The fourth-order valence-electron chi connectivity index (χ4n) is 2.01. The normalized spacial score (nSPS) is 16.0. The Morgan fingerprint density at radius 3 is 2.95 bits per heavy atom. The molecule has 0 aromatic heterocycles. The van der Waals surface area contributed by atoms with Crippen LogP contribution in [-0.4, -0.2) is 28.7 Å². The molecule has 7 heteroatoms. The number of rotatable bonds is 5. The largest absolute Gasteiger partial charge is 0.480 e. The fourth-order valence-corrected chi connectivity index (χ4v) is 3.30. The zero-order valence-electron chi connectivity index (χ0n) is 11.9. The lowest BCUT2D eigenvalue weighted by molar-refractivity contribution is -0.139. The first-order valence-corrected chi connectivity index (χ1v) is 7.82. The Labute approximate surface area is 132 Å². The van der Waals surface area contributed by atoms with Crippen LogP contribution in [0.5, 0.6) is 5.75 Å². The van der Waals surface area contributed by atoms with Crippen molar-refractivity contribution in [2.75, 3.05) is 6.79 Å². The molecule has 0 saturated carbocycles. The molecule has 1 heterocycles. The number of fused-ring (bicyclic) bond motifs is 1. The van der Waals surface area contributed by atoms with Gasteiger partial charge in [-0.05, 0) is 26.0 Å². The van der Waals surface area contributed by atoms with Crippen LogP contribution < -0.4 is 10.5 Å². The molecule has 116 valence electrons. The van der Waals surface area contributed by atoms with Crippen molar-refractivity contribution in [3.63, 3.8) is 0 Å². The van der Waals surface area contributed by atoms with Crippen LogP contribution in [0.4, 0.5) is 0 Å². The third-order valence-electron chi connectivity index (χ3n) is 3.37. The Kier molecular flexibility index (Phi) is 5.03. The van der Waals surface area contributed by atoms with Gasteiger partial charge in [0.05, 0.1) is 6.61 Å². The van der Waals surface area contributed by atoms with Gasteiger partial charge >= 0.3 is 5.97 Å². The number of benzene rings is 1. The summed E-state index contributed by atoms with van der Waals surface area (Å²) in [5, 5.41) is 9.66. The lowest BCUT2D eigenvalue weighted by Gasteiger charge is -2.29. The third kappa shape index (κ3) is 3.83. The number of thioether (sulfide) groups is 1. The summed E-state index contributed by atoms with van der Waals surface area (Å²) in [6, 6.07) is 2.71. The summed E-state index contributed by atoms with van der Waals surface area (Å²) in [6.07, 6.45) is 0. The van der Waals surface area contributed by atoms with E-state index in [9.17, 15) is 4.79 Å². The van der Waals surface area contributed by atoms with E-state index in [-0.39, 0.29) is 6.79 Å². The van der Waals surface area contributed by atoms with E-state index in [0.717, 1.165) is 16.9 Å². The van der Waals surface area contributed by atoms with Gasteiger partial charge in [0.1, 0.15) is 11.8 Å².